The zero-order chi connectivity index (χ0) is 17.7. The van der Waals surface area contributed by atoms with Gasteiger partial charge in [-0.1, -0.05) is 11.6 Å². The van der Waals surface area contributed by atoms with Crippen LogP contribution in [0.2, 0.25) is 5.02 Å². The summed E-state index contributed by atoms with van der Waals surface area (Å²) in [5.41, 5.74) is 6.30. The molecule has 0 saturated carbocycles. The van der Waals surface area contributed by atoms with Gasteiger partial charge in [0.25, 0.3) is 11.8 Å². The first-order chi connectivity index (χ1) is 11.4. The lowest BCUT2D eigenvalue weighted by molar-refractivity contribution is -0.123. The molecule has 0 bridgehead atoms. The van der Waals surface area contributed by atoms with Gasteiger partial charge in [-0.15, -0.1) is 0 Å². The number of hydrogen-bond donors (Lipinski definition) is 2. The number of ether oxygens (including phenoxy) is 1. The Labute approximate surface area is 143 Å². The number of hydrogen-bond acceptors (Lipinski definition) is 3. The summed E-state index contributed by atoms with van der Waals surface area (Å²) in [4.78, 5) is 23.5. The van der Waals surface area contributed by atoms with Crippen LogP contribution in [0.4, 0.5) is 4.39 Å². The van der Waals surface area contributed by atoms with Crippen molar-refractivity contribution in [3.05, 3.63) is 63.9 Å². The van der Waals surface area contributed by atoms with Gasteiger partial charge in [-0.3, -0.25) is 20.4 Å². The summed E-state index contributed by atoms with van der Waals surface area (Å²) in [7, 11) is 0. The summed E-state index contributed by atoms with van der Waals surface area (Å²) in [6.07, 6.45) is 0. The molecule has 2 amide bonds. The lowest BCUT2D eigenvalue weighted by Gasteiger charge is -2.13. The zero-order valence-electron chi connectivity index (χ0n) is 13.2. The molecule has 24 heavy (non-hydrogen) atoms. The van der Waals surface area contributed by atoms with Crippen LogP contribution in [0, 0.1) is 19.7 Å². The highest BCUT2D eigenvalue weighted by Crippen LogP contribution is 2.26. The highest BCUT2D eigenvalue weighted by atomic mass is 35.5. The molecule has 0 fully saturated rings. The minimum atomic E-state index is -0.554. The maximum absolute atomic E-state index is 12.8. The lowest BCUT2D eigenvalue weighted by Crippen LogP contribution is -2.43. The van der Waals surface area contributed by atoms with Crippen LogP contribution in [0.3, 0.4) is 0 Å². The molecule has 0 aromatic heterocycles. The molecule has 0 saturated heterocycles. The Morgan fingerprint density at radius 2 is 1.67 bits per heavy atom. The Morgan fingerprint density at radius 3 is 2.25 bits per heavy atom. The van der Waals surface area contributed by atoms with Gasteiger partial charge < -0.3 is 4.74 Å². The Kier molecular flexibility index (Phi) is 5.76. The van der Waals surface area contributed by atoms with E-state index in [1.807, 2.05) is 13.8 Å². The Bertz CT molecular complexity index is 740. The minimum absolute atomic E-state index is 0.224. The van der Waals surface area contributed by atoms with Crippen molar-refractivity contribution >= 4 is 23.4 Å². The van der Waals surface area contributed by atoms with E-state index in [4.69, 9.17) is 16.3 Å². The number of carbonyl (C=O) groups excluding carboxylic acids is 2. The van der Waals surface area contributed by atoms with Gasteiger partial charge in [0.15, 0.2) is 6.61 Å². The molecule has 2 aromatic carbocycles. The third-order valence-corrected chi connectivity index (χ3v) is 3.41. The Morgan fingerprint density at radius 1 is 1.08 bits per heavy atom. The zero-order valence-corrected chi connectivity index (χ0v) is 13.9. The van der Waals surface area contributed by atoms with Crippen LogP contribution in [0.1, 0.15) is 21.5 Å². The van der Waals surface area contributed by atoms with Crippen LogP contribution in [-0.2, 0) is 4.79 Å². The van der Waals surface area contributed by atoms with Crippen molar-refractivity contribution in [2.24, 2.45) is 0 Å². The number of hydrazine groups is 1. The van der Waals surface area contributed by atoms with E-state index in [1.54, 1.807) is 12.1 Å². The van der Waals surface area contributed by atoms with E-state index in [9.17, 15) is 14.0 Å². The van der Waals surface area contributed by atoms with Crippen molar-refractivity contribution in [2.45, 2.75) is 13.8 Å². The maximum Gasteiger partial charge on any atom is 0.276 e. The number of carbonyl (C=O) groups is 2. The number of amides is 2. The standard InChI is InChI=1S/C17H16ClFN2O3/c1-10-7-13(18)8-11(2)16(10)24-9-15(22)20-21-17(23)12-3-5-14(19)6-4-12/h3-8H,9H2,1-2H3,(H,20,22)(H,21,23). The summed E-state index contributed by atoms with van der Waals surface area (Å²) in [5.74, 6) is -0.960. The molecule has 0 unspecified atom stereocenters. The summed E-state index contributed by atoms with van der Waals surface area (Å²) < 4.78 is 18.3. The molecule has 0 heterocycles. The van der Waals surface area contributed by atoms with Gasteiger partial charge in [-0.25, -0.2) is 4.39 Å². The van der Waals surface area contributed by atoms with Crippen molar-refractivity contribution in [1.82, 2.24) is 10.9 Å². The molecule has 0 spiro atoms. The average Bonchev–Trinajstić information content (AvgIpc) is 2.52. The number of nitrogens with one attached hydrogen (secondary N) is 2. The number of halogens is 2. The molecule has 2 rings (SSSR count). The summed E-state index contributed by atoms with van der Waals surface area (Å²) in [5, 5.41) is 0.591. The smallest absolute Gasteiger partial charge is 0.276 e. The topological polar surface area (TPSA) is 67.4 Å². The number of aryl methyl sites for hydroxylation is 2. The SMILES string of the molecule is Cc1cc(Cl)cc(C)c1OCC(=O)NNC(=O)c1ccc(F)cc1. The lowest BCUT2D eigenvalue weighted by atomic mass is 10.1. The van der Waals surface area contributed by atoms with E-state index in [0.717, 1.165) is 23.3 Å². The largest absolute Gasteiger partial charge is 0.483 e. The van der Waals surface area contributed by atoms with E-state index < -0.39 is 17.6 Å². The van der Waals surface area contributed by atoms with Crippen molar-refractivity contribution < 1.29 is 18.7 Å². The molecular formula is C17H16ClFN2O3. The second-order valence-corrected chi connectivity index (χ2v) is 5.60. The van der Waals surface area contributed by atoms with Gasteiger partial charge >= 0.3 is 0 Å². The minimum Gasteiger partial charge on any atom is -0.483 e. The molecule has 126 valence electrons. The van der Waals surface area contributed by atoms with Gasteiger partial charge in [0.2, 0.25) is 0 Å². The maximum atomic E-state index is 12.8. The Balaban J connectivity index is 1.86. The molecule has 7 heteroatoms. The van der Waals surface area contributed by atoms with Gasteiger partial charge in [0.05, 0.1) is 0 Å². The van der Waals surface area contributed by atoms with Gasteiger partial charge in [-0.2, -0.15) is 0 Å². The van der Waals surface area contributed by atoms with Crippen molar-refractivity contribution in [3.8, 4) is 5.75 Å². The van der Waals surface area contributed by atoms with E-state index in [-0.39, 0.29) is 12.2 Å². The first kappa shape index (κ1) is 17.7. The predicted molar refractivity (Wildman–Crippen MR) is 88.4 cm³/mol. The molecule has 0 atom stereocenters. The van der Waals surface area contributed by atoms with Gasteiger partial charge in [-0.05, 0) is 61.4 Å². The van der Waals surface area contributed by atoms with Crippen LogP contribution in [-0.4, -0.2) is 18.4 Å². The van der Waals surface area contributed by atoms with Crippen LogP contribution >= 0.6 is 11.6 Å². The van der Waals surface area contributed by atoms with E-state index in [0.29, 0.717) is 10.8 Å². The van der Waals surface area contributed by atoms with E-state index in [2.05, 4.69) is 10.9 Å². The summed E-state index contributed by atoms with van der Waals surface area (Å²) in [6, 6.07) is 8.41. The first-order valence-electron chi connectivity index (χ1n) is 7.11. The Hall–Kier alpha value is -2.60. The fourth-order valence-electron chi connectivity index (χ4n) is 2.10. The van der Waals surface area contributed by atoms with Crippen molar-refractivity contribution in [1.29, 1.82) is 0 Å². The second-order valence-electron chi connectivity index (χ2n) is 5.17. The molecule has 2 aromatic rings. The van der Waals surface area contributed by atoms with Crippen LogP contribution < -0.4 is 15.6 Å². The fraction of sp³-hybridized carbons (Fsp3) is 0.176. The van der Waals surface area contributed by atoms with Gasteiger partial charge in [0, 0.05) is 10.6 Å². The summed E-state index contributed by atoms with van der Waals surface area (Å²) in [6.45, 7) is 3.37. The van der Waals surface area contributed by atoms with Crippen LogP contribution in [0.15, 0.2) is 36.4 Å². The molecule has 0 aliphatic carbocycles. The number of rotatable bonds is 4. The first-order valence-corrected chi connectivity index (χ1v) is 7.49. The molecule has 0 aliphatic rings. The van der Waals surface area contributed by atoms with Gasteiger partial charge in [0.1, 0.15) is 11.6 Å². The van der Waals surface area contributed by atoms with E-state index in [1.165, 1.54) is 12.1 Å². The highest BCUT2D eigenvalue weighted by molar-refractivity contribution is 6.30. The molecule has 0 radical (unpaired) electrons. The fourth-order valence-corrected chi connectivity index (χ4v) is 2.43. The average molecular weight is 351 g/mol. The molecular weight excluding hydrogens is 335 g/mol. The normalized spacial score (nSPS) is 10.2. The predicted octanol–water partition coefficient (Wildman–Crippen LogP) is 2.94. The monoisotopic (exact) mass is 350 g/mol. The summed E-state index contributed by atoms with van der Waals surface area (Å²) >= 11 is 5.93. The molecule has 2 N–H and O–H groups in total. The third kappa shape index (κ3) is 4.70. The molecule has 0 aliphatic heterocycles. The van der Waals surface area contributed by atoms with Crippen LogP contribution in [0.25, 0.3) is 0 Å². The van der Waals surface area contributed by atoms with Crippen LogP contribution in [0.5, 0.6) is 5.75 Å². The van der Waals surface area contributed by atoms with Crippen molar-refractivity contribution in [3.63, 3.8) is 0 Å². The third-order valence-electron chi connectivity index (χ3n) is 3.19. The van der Waals surface area contributed by atoms with E-state index >= 15 is 0 Å². The molecule has 5 nitrogen and oxygen atoms in total. The number of benzene rings is 2. The van der Waals surface area contributed by atoms with Crippen molar-refractivity contribution in [2.75, 3.05) is 6.61 Å². The highest BCUT2D eigenvalue weighted by Gasteiger charge is 2.10. The second kappa shape index (κ2) is 7.79. The quantitative estimate of drug-likeness (QED) is 0.833.